The van der Waals surface area contributed by atoms with Crippen LogP contribution in [0.4, 0.5) is 14.5 Å². The first-order valence-corrected chi connectivity index (χ1v) is 8.59. The molecule has 0 heterocycles. The Kier molecular flexibility index (Phi) is 7.68. The second-order valence-corrected chi connectivity index (χ2v) is 6.34. The summed E-state index contributed by atoms with van der Waals surface area (Å²) in [6, 6.07) is 6.15. The van der Waals surface area contributed by atoms with Gasteiger partial charge in [-0.3, -0.25) is 4.79 Å². The topological polar surface area (TPSA) is 73.9 Å². The molecule has 2 rings (SSSR count). The number of ether oxygens (including phenoxy) is 3. The van der Waals surface area contributed by atoms with E-state index in [0.29, 0.717) is 0 Å². The number of methoxy groups -OCH3 is 1. The van der Waals surface area contributed by atoms with Crippen LogP contribution in [0.3, 0.4) is 0 Å². The fraction of sp³-hybridized carbons (Fsp3) is 0.176. The zero-order valence-electron chi connectivity index (χ0n) is 14.1. The number of rotatable bonds is 7. The zero-order valence-corrected chi connectivity index (χ0v) is 16.4. The molecule has 2 aromatic rings. The van der Waals surface area contributed by atoms with E-state index < -0.39 is 25.1 Å². The van der Waals surface area contributed by atoms with Gasteiger partial charge in [-0.2, -0.15) is 8.78 Å². The summed E-state index contributed by atoms with van der Waals surface area (Å²) in [6.07, 6.45) is 0. The van der Waals surface area contributed by atoms with Crippen molar-refractivity contribution in [2.24, 2.45) is 0 Å². The van der Waals surface area contributed by atoms with Gasteiger partial charge in [0.25, 0.3) is 5.91 Å². The van der Waals surface area contributed by atoms with E-state index >= 15 is 0 Å². The van der Waals surface area contributed by atoms with Gasteiger partial charge in [0.2, 0.25) is 0 Å². The molecule has 0 aromatic heterocycles. The van der Waals surface area contributed by atoms with Crippen LogP contribution in [0, 0.1) is 0 Å². The van der Waals surface area contributed by atoms with Crippen LogP contribution >= 0.6 is 34.8 Å². The average Bonchev–Trinajstić information content (AvgIpc) is 2.64. The van der Waals surface area contributed by atoms with Crippen molar-refractivity contribution in [2.75, 3.05) is 19.0 Å². The summed E-state index contributed by atoms with van der Waals surface area (Å²) in [6.45, 7) is -3.68. The zero-order chi connectivity index (χ0) is 20.8. The molecule has 0 unspecified atom stereocenters. The highest BCUT2D eigenvalue weighted by Gasteiger charge is 2.17. The number of hydrogen-bond donors (Lipinski definition) is 1. The highest BCUT2D eigenvalue weighted by Crippen LogP contribution is 2.32. The molecule has 6 nitrogen and oxygen atoms in total. The van der Waals surface area contributed by atoms with Gasteiger partial charge in [0.15, 0.2) is 18.1 Å². The number of alkyl halides is 2. The third kappa shape index (κ3) is 5.85. The molecule has 28 heavy (non-hydrogen) atoms. The summed E-state index contributed by atoms with van der Waals surface area (Å²) in [5.74, 6) is -1.90. The fourth-order valence-electron chi connectivity index (χ4n) is 2.01. The van der Waals surface area contributed by atoms with Crippen molar-refractivity contribution in [1.29, 1.82) is 0 Å². The van der Waals surface area contributed by atoms with Gasteiger partial charge in [-0.1, -0.05) is 34.8 Å². The van der Waals surface area contributed by atoms with E-state index in [9.17, 15) is 18.4 Å². The summed E-state index contributed by atoms with van der Waals surface area (Å²) in [5.41, 5.74) is 0.158. The molecular weight excluding hydrogens is 443 g/mol. The molecule has 0 saturated carbocycles. The van der Waals surface area contributed by atoms with Crippen molar-refractivity contribution < 1.29 is 32.6 Å². The van der Waals surface area contributed by atoms with E-state index in [1.807, 2.05) is 0 Å². The van der Waals surface area contributed by atoms with Crippen molar-refractivity contribution in [3.8, 4) is 11.5 Å². The normalized spacial score (nSPS) is 10.5. The van der Waals surface area contributed by atoms with Gasteiger partial charge in [0.05, 0.1) is 33.4 Å². The van der Waals surface area contributed by atoms with Crippen LogP contribution in [0.25, 0.3) is 0 Å². The number of carbonyl (C=O) groups is 2. The minimum Gasteiger partial charge on any atom is -0.493 e. The van der Waals surface area contributed by atoms with E-state index in [4.69, 9.17) is 44.3 Å². The van der Waals surface area contributed by atoms with Crippen LogP contribution in [0.1, 0.15) is 10.4 Å². The molecule has 0 bridgehead atoms. The first-order chi connectivity index (χ1) is 13.2. The molecule has 0 fully saturated rings. The standard InChI is InChI=1S/C17H12Cl3F2NO5/c1-26-14-4-8(2-3-13(14)28-17(21)22)16(25)27-7-15(24)23-12-6-10(19)9(18)5-11(12)20/h2-6,17H,7H2,1H3,(H,23,24). The van der Waals surface area contributed by atoms with Gasteiger partial charge < -0.3 is 19.5 Å². The van der Waals surface area contributed by atoms with Gasteiger partial charge in [-0.25, -0.2) is 4.79 Å². The van der Waals surface area contributed by atoms with E-state index in [2.05, 4.69) is 10.1 Å². The predicted octanol–water partition coefficient (Wildman–Crippen LogP) is 5.05. The molecule has 11 heteroatoms. The number of nitrogens with one attached hydrogen (secondary N) is 1. The number of carbonyl (C=O) groups excluding carboxylic acids is 2. The largest absolute Gasteiger partial charge is 0.493 e. The molecule has 0 radical (unpaired) electrons. The van der Waals surface area contributed by atoms with Crippen molar-refractivity contribution in [2.45, 2.75) is 6.61 Å². The number of benzene rings is 2. The molecule has 0 aliphatic heterocycles. The van der Waals surface area contributed by atoms with E-state index in [-0.39, 0.29) is 37.8 Å². The second kappa shape index (κ2) is 9.77. The van der Waals surface area contributed by atoms with E-state index in [1.54, 1.807) is 0 Å². The Morgan fingerprint density at radius 2 is 1.71 bits per heavy atom. The molecular formula is C17H12Cl3F2NO5. The van der Waals surface area contributed by atoms with Gasteiger partial charge in [0.1, 0.15) is 0 Å². The lowest BCUT2D eigenvalue weighted by atomic mass is 10.2. The monoisotopic (exact) mass is 453 g/mol. The Morgan fingerprint density at radius 3 is 2.36 bits per heavy atom. The summed E-state index contributed by atoms with van der Waals surface area (Å²) >= 11 is 17.6. The smallest absolute Gasteiger partial charge is 0.387 e. The van der Waals surface area contributed by atoms with Crippen LogP contribution in [0.15, 0.2) is 30.3 Å². The summed E-state index contributed by atoms with van der Waals surface area (Å²) in [5, 5.41) is 2.96. The Morgan fingerprint density at radius 1 is 1.04 bits per heavy atom. The first-order valence-electron chi connectivity index (χ1n) is 7.45. The van der Waals surface area contributed by atoms with Crippen LogP contribution in [0.2, 0.25) is 15.1 Å². The summed E-state index contributed by atoms with van der Waals surface area (Å²) in [4.78, 5) is 24.0. The maximum atomic E-state index is 12.3. The fourth-order valence-corrected chi connectivity index (χ4v) is 2.60. The van der Waals surface area contributed by atoms with E-state index in [0.717, 1.165) is 12.1 Å². The van der Waals surface area contributed by atoms with Gasteiger partial charge in [0, 0.05) is 0 Å². The lowest BCUT2D eigenvalue weighted by Gasteiger charge is -2.12. The van der Waals surface area contributed by atoms with Crippen LogP contribution in [-0.4, -0.2) is 32.2 Å². The molecule has 0 aliphatic carbocycles. The maximum absolute atomic E-state index is 12.3. The Hall–Kier alpha value is -2.29. The van der Waals surface area contributed by atoms with Crippen molar-refractivity contribution in [3.05, 3.63) is 51.0 Å². The highest BCUT2D eigenvalue weighted by atomic mass is 35.5. The van der Waals surface area contributed by atoms with Crippen LogP contribution in [0.5, 0.6) is 11.5 Å². The number of esters is 1. The quantitative estimate of drug-likeness (QED) is 0.468. The molecule has 2 aromatic carbocycles. The van der Waals surface area contributed by atoms with Crippen molar-refractivity contribution >= 4 is 52.4 Å². The third-order valence-corrected chi connectivity index (χ3v) is 4.27. The Balaban J connectivity index is 2.00. The van der Waals surface area contributed by atoms with E-state index in [1.165, 1.54) is 25.3 Å². The molecule has 1 amide bonds. The van der Waals surface area contributed by atoms with Gasteiger partial charge in [-0.05, 0) is 30.3 Å². The average molecular weight is 455 g/mol. The van der Waals surface area contributed by atoms with Gasteiger partial charge >= 0.3 is 12.6 Å². The first kappa shape index (κ1) is 22.0. The Bertz CT molecular complexity index is 895. The molecule has 0 aliphatic rings. The third-order valence-electron chi connectivity index (χ3n) is 3.23. The molecule has 0 spiro atoms. The molecule has 150 valence electrons. The lowest BCUT2D eigenvalue weighted by Crippen LogP contribution is -2.21. The van der Waals surface area contributed by atoms with Crippen LogP contribution < -0.4 is 14.8 Å². The minimum absolute atomic E-state index is 0.0289. The Labute approximate surface area is 173 Å². The number of halogens is 5. The number of hydrogen-bond acceptors (Lipinski definition) is 5. The summed E-state index contributed by atoms with van der Waals surface area (Å²) < 4.78 is 38.7. The second-order valence-electron chi connectivity index (χ2n) is 5.11. The number of anilines is 1. The SMILES string of the molecule is COc1cc(C(=O)OCC(=O)Nc2cc(Cl)c(Cl)cc2Cl)ccc1OC(F)F. The molecule has 0 atom stereocenters. The van der Waals surface area contributed by atoms with Crippen LogP contribution in [-0.2, 0) is 9.53 Å². The molecule has 1 N–H and O–H groups in total. The highest BCUT2D eigenvalue weighted by molar-refractivity contribution is 6.44. The lowest BCUT2D eigenvalue weighted by molar-refractivity contribution is -0.119. The van der Waals surface area contributed by atoms with Gasteiger partial charge in [-0.15, -0.1) is 0 Å². The predicted molar refractivity (Wildman–Crippen MR) is 100 cm³/mol. The minimum atomic E-state index is -3.05. The van der Waals surface area contributed by atoms with Crippen molar-refractivity contribution in [3.63, 3.8) is 0 Å². The maximum Gasteiger partial charge on any atom is 0.387 e. The molecule has 0 saturated heterocycles. The summed E-state index contributed by atoms with van der Waals surface area (Å²) in [7, 11) is 1.22. The van der Waals surface area contributed by atoms with Crippen molar-refractivity contribution in [1.82, 2.24) is 0 Å². The number of amides is 1.